The second-order valence-electron chi connectivity index (χ2n) is 4.38. The predicted octanol–water partition coefficient (Wildman–Crippen LogP) is -0.230. The van der Waals surface area contributed by atoms with Crippen molar-refractivity contribution in [3.8, 4) is 0 Å². The van der Waals surface area contributed by atoms with Crippen LogP contribution in [0.1, 0.15) is 26.2 Å². The summed E-state index contributed by atoms with van der Waals surface area (Å²) < 4.78 is 0. The van der Waals surface area contributed by atoms with Crippen molar-refractivity contribution in [1.29, 1.82) is 0 Å². The molecular weight excluding hydrogens is 238 g/mol. The van der Waals surface area contributed by atoms with Gasteiger partial charge in [-0.1, -0.05) is 0 Å². The van der Waals surface area contributed by atoms with Gasteiger partial charge in [0.2, 0.25) is 5.91 Å². The van der Waals surface area contributed by atoms with Crippen molar-refractivity contribution in [1.82, 2.24) is 15.5 Å². The number of urea groups is 1. The smallest absolute Gasteiger partial charge is 0.321 e. The normalized spacial score (nSPS) is 21.3. The van der Waals surface area contributed by atoms with Crippen LogP contribution in [0, 0.1) is 0 Å². The summed E-state index contributed by atoms with van der Waals surface area (Å²) in [7, 11) is 1.43. The van der Waals surface area contributed by atoms with Gasteiger partial charge in [-0.3, -0.25) is 19.8 Å². The fourth-order valence-corrected chi connectivity index (χ4v) is 2.22. The Morgan fingerprint density at radius 3 is 2.67 bits per heavy atom. The van der Waals surface area contributed by atoms with E-state index in [-0.39, 0.29) is 12.5 Å². The van der Waals surface area contributed by atoms with E-state index in [1.54, 1.807) is 6.92 Å². The van der Waals surface area contributed by atoms with Gasteiger partial charge in [-0.05, 0) is 26.3 Å². The predicted molar refractivity (Wildman–Crippen MR) is 64.0 cm³/mol. The third-order valence-electron chi connectivity index (χ3n) is 3.17. The molecule has 0 aromatic rings. The van der Waals surface area contributed by atoms with Crippen LogP contribution in [0.3, 0.4) is 0 Å². The van der Waals surface area contributed by atoms with Gasteiger partial charge in [0.1, 0.15) is 0 Å². The van der Waals surface area contributed by atoms with E-state index >= 15 is 0 Å². The van der Waals surface area contributed by atoms with Gasteiger partial charge < -0.3 is 10.4 Å². The molecule has 0 bridgehead atoms. The lowest BCUT2D eigenvalue weighted by molar-refractivity contribution is -0.139. The molecule has 2 atom stereocenters. The molecule has 2 unspecified atom stereocenters. The first-order chi connectivity index (χ1) is 8.45. The summed E-state index contributed by atoms with van der Waals surface area (Å²) in [6.07, 6.45) is 1.66. The number of imide groups is 1. The lowest BCUT2D eigenvalue weighted by Gasteiger charge is -2.28. The zero-order valence-corrected chi connectivity index (χ0v) is 10.6. The second kappa shape index (κ2) is 6.34. The molecule has 0 aromatic carbocycles. The number of nitrogens with one attached hydrogen (secondary N) is 2. The molecule has 0 saturated carbocycles. The van der Waals surface area contributed by atoms with E-state index in [9.17, 15) is 14.4 Å². The van der Waals surface area contributed by atoms with Crippen molar-refractivity contribution in [3.05, 3.63) is 0 Å². The molecule has 1 aliphatic rings. The SMILES string of the molecule is CNC(=O)NC(=O)C(C)N1CCCC1CC(=O)O. The third-order valence-corrected chi connectivity index (χ3v) is 3.17. The maximum atomic E-state index is 11.8. The quantitative estimate of drug-likeness (QED) is 0.646. The van der Waals surface area contributed by atoms with Crippen LogP contribution < -0.4 is 10.6 Å². The number of amides is 3. The minimum absolute atomic E-state index is 0.0254. The van der Waals surface area contributed by atoms with Crippen LogP contribution >= 0.6 is 0 Å². The second-order valence-corrected chi connectivity index (χ2v) is 4.38. The van der Waals surface area contributed by atoms with Crippen LogP contribution in [0.2, 0.25) is 0 Å². The van der Waals surface area contributed by atoms with Crippen LogP contribution in [0.25, 0.3) is 0 Å². The van der Waals surface area contributed by atoms with Gasteiger partial charge in [0.25, 0.3) is 0 Å². The van der Waals surface area contributed by atoms with Gasteiger partial charge in [0, 0.05) is 13.1 Å². The van der Waals surface area contributed by atoms with Crippen molar-refractivity contribution < 1.29 is 19.5 Å². The number of nitrogens with zero attached hydrogens (tertiary/aromatic N) is 1. The van der Waals surface area contributed by atoms with Crippen molar-refractivity contribution in [2.45, 2.75) is 38.3 Å². The Kier molecular flexibility index (Phi) is 5.08. The summed E-state index contributed by atoms with van der Waals surface area (Å²) in [5.41, 5.74) is 0. The van der Waals surface area contributed by atoms with Gasteiger partial charge in [0.15, 0.2) is 0 Å². The Morgan fingerprint density at radius 2 is 2.11 bits per heavy atom. The van der Waals surface area contributed by atoms with Crippen molar-refractivity contribution in [3.63, 3.8) is 0 Å². The fourth-order valence-electron chi connectivity index (χ4n) is 2.22. The average Bonchev–Trinajstić information content (AvgIpc) is 2.74. The van der Waals surface area contributed by atoms with Crippen LogP contribution in [-0.2, 0) is 9.59 Å². The highest BCUT2D eigenvalue weighted by atomic mass is 16.4. The van der Waals surface area contributed by atoms with E-state index in [2.05, 4.69) is 10.6 Å². The molecular formula is C11H19N3O4. The average molecular weight is 257 g/mol. The van der Waals surface area contributed by atoms with Crippen molar-refractivity contribution in [2.24, 2.45) is 0 Å². The molecule has 7 nitrogen and oxygen atoms in total. The molecule has 1 fully saturated rings. The number of carboxylic acid groups (broad SMARTS) is 1. The molecule has 3 N–H and O–H groups in total. The molecule has 0 aliphatic carbocycles. The molecule has 1 rings (SSSR count). The molecule has 0 spiro atoms. The topological polar surface area (TPSA) is 98.7 Å². The van der Waals surface area contributed by atoms with Crippen LogP contribution in [0.5, 0.6) is 0 Å². The Balaban J connectivity index is 2.58. The van der Waals surface area contributed by atoms with E-state index in [1.807, 2.05) is 4.90 Å². The largest absolute Gasteiger partial charge is 0.481 e. The summed E-state index contributed by atoms with van der Waals surface area (Å²) in [6.45, 7) is 2.36. The Bertz CT molecular complexity index is 345. The van der Waals surface area contributed by atoms with Gasteiger partial charge in [0.05, 0.1) is 12.5 Å². The first-order valence-corrected chi connectivity index (χ1v) is 5.95. The van der Waals surface area contributed by atoms with Crippen LogP contribution in [0.15, 0.2) is 0 Å². The molecule has 1 heterocycles. The zero-order valence-electron chi connectivity index (χ0n) is 10.6. The summed E-state index contributed by atoms with van der Waals surface area (Å²) in [5.74, 6) is -1.28. The number of likely N-dealkylation sites (tertiary alicyclic amines) is 1. The molecule has 18 heavy (non-hydrogen) atoms. The number of rotatable bonds is 4. The van der Waals surface area contributed by atoms with Gasteiger partial charge in [-0.2, -0.15) is 0 Å². The third kappa shape index (κ3) is 3.69. The van der Waals surface area contributed by atoms with E-state index in [0.717, 1.165) is 12.8 Å². The number of hydrogen-bond acceptors (Lipinski definition) is 4. The Morgan fingerprint density at radius 1 is 1.44 bits per heavy atom. The monoisotopic (exact) mass is 257 g/mol. The fraction of sp³-hybridized carbons (Fsp3) is 0.727. The van der Waals surface area contributed by atoms with Gasteiger partial charge in [-0.15, -0.1) is 0 Å². The Hall–Kier alpha value is -1.63. The molecule has 3 amide bonds. The van der Waals surface area contributed by atoms with Gasteiger partial charge >= 0.3 is 12.0 Å². The minimum Gasteiger partial charge on any atom is -0.481 e. The molecule has 0 aromatic heterocycles. The first kappa shape index (κ1) is 14.4. The lowest BCUT2D eigenvalue weighted by atomic mass is 10.1. The molecule has 102 valence electrons. The highest BCUT2D eigenvalue weighted by molar-refractivity contribution is 5.96. The van der Waals surface area contributed by atoms with E-state index in [4.69, 9.17) is 5.11 Å². The number of carbonyl (C=O) groups excluding carboxylic acids is 2. The summed E-state index contributed by atoms with van der Waals surface area (Å²) >= 11 is 0. The zero-order chi connectivity index (χ0) is 13.7. The van der Waals surface area contributed by atoms with Crippen LogP contribution in [-0.4, -0.2) is 53.6 Å². The van der Waals surface area contributed by atoms with Crippen molar-refractivity contribution in [2.75, 3.05) is 13.6 Å². The standard InChI is InChI=1S/C11H19N3O4/c1-7(10(17)13-11(18)12-2)14-5-3-4-8(14)6-9(15)16/h7-8H,3-6H2,1-2H3,(H,15,16)(H2,12,13,17,18). The molecule has 0 radical (unpaired) electrons. The van der Waals surface area contributed by atoms with Crippen LogP contribution in [0.4, 0.5) is 4.79 Å². The van der Waals surface area contributed by atoms with Crippen molar-refractivity contribution >= 4 is 17.9 Å². The van der Waals surface area contributed by atoms with Gasteiger partial charge in [-0.25, -0.2) is 4.79 Å². The van der Waals surface area contributed by atoms with E-state index in [1.165, 1.54) is 7.05 Å². The summed E-state index contributed by atoms with van der Waals surface area (Å²) in [4.78, 5) is 35.4. The number of carbonyl (C=O) groups is 3. The maximum Gasteiger partial charge on any atom is 0.321 e. The first-order valence-electron chi connectivity index (χ1n) is 5.95. The lowest BCUT2D eigenvalue weighted by Crippen LogP contribution is -2.50. The maximum absolute atomic E-state index is 11.8. The Labute approximate surface area is 106 Å². The molecule has 1 aliphatic heterocycles. The number of hydrogen-bond donors (Lipinski definition) is 3. The highest BCUT2D eigenvalue weighted by Gasteiger charge is 2.33. The highest BCUT2D eigenvalue weighted by Crippen LogP contribution is 2.22. The summed E-state index contributed by atoms with van der Waals surface area (Å²) in [6, 6.07) is -1.19. The van der Waals surface area contributed by atoms with E-state index < -0.39 is 23.9 Å². The van der Waals surface area contributed by atoms with E-state index in [0.29, 0.717) is 6.54 Å². The summed E-state index contributed by atoms with van der Waals surface area (Å²) in [5, 5.41) is 13.3. The molecule has 1 saturated heterocycles. The molecule has 7 heteroatoms. The number of carboxylic acids is 1. The number of aliphatic carboxylic acids is 1. The minimum atomic E-state index is -0.870.